The number of rotatable bonds is 0. The molecule has 5 N–H and O–H groups in total. The first-order chi connectivity index (χ1) is 7.91. The van der Waals surface area contributed by atoms with Crippen molar-refractivity contribution in [3.63, 3.8) is 0 Å². The SMILES string of the molecule is CC1(C)CC2(CC(C)(C)[NH2+]1)OC(=O)N(N)[C@@]2(C)O. The van der Waals surface area contributed by atoms with Crippen molar-refractivity contribution in [2.45, 2.75) is 69.9 Å². The Morgan fingerprint density at radius 3 is 2.00 bits per heavy atom. The fraction of sp³-hybridized carbons (Fsp3) is 0.917. The lowest BCUT2D eigenvalue weighted by Gasteiger charge is -2.50. The number of hydrogen-bond donors (Lipinski definition) is 3. The maximum atomic E-state index is 11.7. The molecule has 2 heterocycles. The van der Waals surface area contributed by atoms with Gasteiger partial charge in [0.15, 0.2) is 11.3 Å². The second kappa shape index (κ2) is 3.37. The number of nitrogens with zero attached hydrogens (tertiary/aromatic N) is 1. The van der Waals surface area contributed by atoms with Crippen molar-refractivity contribution in [3.8, 4) is 0 Å². The summed E-state index contributed by atoms with van der Waals surface area (Å²) in [6.07, 6.45) is 0.472. The van der Waals surface area contributed by atoms with Crippen molar-refractivity contribution in [1.82, 2.24) is 5.01 Å². The van der Waals surface area contributed by atoms with Crippen molar-refractivity contribution in [2.75, 3.05) is 0 Å². The molecular formula is C12H24N3O3+. The van der Waals surface area contributed by atoms with Crippen LogP contribution < -0.4 is 11.2 Å². The lowest BCUT2D eigenvalue weighted by molar-refractivity contribution is -0.793. The van der Waals surface area contributed by atoms with Crippen molar-refractivity contribution >= 4 is 6.09 Å². The third-order valence-electron chi connectivity index (χ3n) is 4.08. The van der Waals surface area contributed by atoms with E-state index in [2.05, 4.69) is 33.0 Å². The number of aliphatic hydroxyl groups is 1. The normalized spacial score (nSPS) is 36.8. The van der Waals surface area contributed by atoms with Crippen LogP contribution in [0.3, 0.4) is 0 Å². The van der Waals surface area contributed by atoms with Gasteiger partial charge in [-0.15, -0.1) is 0 Å². The Morgan fingerprint density at radius 2 is 1.67 bits per heavy atom. The fourth-order valence-corrected chi connectivity index (χ4v) is 3.81. The maximum Gasteiger partial charge on any atom is 0.427 e. The number of hydrazine groups is 1. The van der Waals surface area contributed by atoms with Crippen LogP contribution in [0.25, 0.3) is 0 Å². The number of amides is 1. The molecule has 0 bridgehead atoms. The lowest BCUT2D eigenvalue weighted by Crippen LogP contribution is -3.07. The van der Waals surface area contributed by atoms with Crippen molar-refractivity contribution in [1.29, 1.82) is 0 Å². The van der Waals surface area contributed by atoms with E-state index in [4.69, 9.17) is 10.6 Å². The minimum absolute atomic E-state index is 0.128. The zero-order chi connectivity index (χ0) is 14.0. The molecule has 0 aliphatic carbocycles. The third-order valence-corrected chi connectivity index (χ3v) is 4.08. The van der Waals surface area contributed by atoms with Gasteiger partial charge in [-0.25, -0.2) is 15.6 Å². The number of ether oxygens (including phenoxy) is 1. The maximum absolute atomic E-state index is 11.7. The predicted octanol–water partition coefficient (Wildman–Crippen LogP) is -0.326. The fourth-order valence-electron chi connectivity index (χ4n) is 3.81. The van der Waals surface area contributed by atoms with E-state index < -0.39 is 17.4 Å². The summed E-state index contributed by atoms with van der Waals surface area (Å²) < 4.78 is 5.48. The standard InChI is InChI=1S/C12H23N3O3/c1-9(2)6-12(7-10(3,4)14-9)11(5,17)15(13)8(16)18-12/h14,17H,6-7,13H2,1-5H3/p+1/t11-/m0/s1. The predicted molar refractivity (Wildman–Crippen MR) is 65.2 cm³/mol. The van der Waals surface area contributed by atoms with E-state index in [-0.39, 0.29) is 11.1 Å². The topological polar surface area (TPSA) is 92.4 Å². The van der Waals surface area contributed by atoms with Crippen molar-refractivity contribution < 1.29 is 20.0 Å². The van der Waals surface area contributed by atoms with Gasteiger partial charge in [0.1, 0.15) is 0 Å². The van der Waals surface area contributed by atoms with Crippen LogP contribution in [0.15, 0.2) is 0 Å². The van der Waals surface area contributed by atoms with Crippen molar-refractivity contribution in [3.05, 3.63) is 0 Å². The second-order valence-corrected chi connectivity index (χ2v) is 7.23. The Kier molecular flexibility index (Phi) is 2.54. The van der Waals surface area contributed by atoms with Gasteiger partial charge in [0, 0.05) is 12.8 Å². The largest absolute Gasteiger partial charge is 0.436 e. The molecule has 18 heavy (non-hydrogen) atoms. The summed E-state index contributed by atoms with van der Waals surface area (Å²) in [5.41, 5.74) is -2.68. The van der Waals surface area contributed by atoms with E-state index in [1.807, 2.05) is 0 Å². The summed E-state index contributed by atoms with van der Waals surface area (Å²) in [7, 11) is 0. The molecule has 0 aromatic rings. The number of carbonyl (C=O) groups is 1. The summed E-state index contributed by atoms with van der Waals surface area (Å²) in [6, 6.07) is 0. The highest BCUT2D eigenvalue weighted by atomic mass is 16.6. The average Bonchev–Trinajstić information content (AvgIpc) is 2.22. The molecule has 2 aliphatic heterocycles. The van der Waals surface area contributed by atoms with Gasteiger partial charge in [-0.2, -0.15) is 0 Å². The van der Waals surface area contributed by atoms with Crippen LogP contribution in [-0.4, -0.2) is 38.6 Å². The average molecular weight is 258 g/mol. The molecule has 0 aromatic carbocycles. The van der Waals surface area contributed by atoms with E-state index in [9.17, 15) is 9.90 Å². The number of carbonyl (C=O) groups excluding carboxylic acids is 1. The zero-order valence-corrected chi connectivity index (χ0v) is 11.8. The molecule has 0 radical (unpaired) electrons. The molecule has 0 aromatic heterocycles. The highest BCUT2D eigenvalue weighted by Crippen LogP contribution is 2.46. The second-order valence-electron chi connectivity index (χ2n) is 7.23. The number of nitrogens with two attached hydrogens (primary N) is 2. The van der Waals surface area contributed by atoms with Crippen LogP contribution in [0.1, 0.15) is 47.5 Å². The van der Waals surface area contributed by atoms with Gasteiger partial charge in [0.05, 0.1) is 11.1 Å². The Hall–Kier alpha value is -0.850. The van der Waals surface area contributed by atoms with Crippen LogP contribution in [0, 0.1) is 0 Å². The number of piperidine rings is 1. The Balaban J connectivity index is 2.45. The van der Waals surface area contributed by atoms with Gasteiger partial charge >= 0.3 is 6.09 Å². The molecule has 0 unspecified atom stereocenters. The monoisotopic (exact) mass is 258 g/mol. The molecule has 1 amide bonds. The minimum Gasteiger partial charge on any atom is -0.436 e. The number of hydrogen-bond acceptors (Lipinski definition) is 4. The molecule has 2 saturated heterocycles. The first kappa shape index (κ1) is 13.6. The van der Waals surface area contributed by atoms with Gasteiger partial charge in [-0.1, -0.05) is 0 Å². The van der Waals surface area contributed by atoms with Crippen molar-refractivity contribution in [2.24, 2.45) is 5.84 Å². The lowest BCUT2D eigenvalue weighted by atomic mass is 9.69. The summed E-state index contributed by atoms with van der Waals surface area (Å²) in [5.74, 6) is 5.64. The minimum atomic E-state index is -1.48. The molecule has 1 atom stereocenters. The van der Waals surface area contributed by atoms with Gasteiger partial charge in [-0.05, 0) is 34.6 Å². The molecule has 1 spiro atoms. The van der Waals surface area contributed by atoms with Crippen LogP contribution >= 0.6 is 0 Å². The molecular weight excluding hydrogens is 234 g/mol. The van der Waals surface area contributed by atoms with Crippen LogP contribution in [0.4, 0.5) is 4.79 Å². The first-order valence-electron chi connectivity index (χ1n) is 6.28. The zero-order valence-electron chi connectivity index (χ0n) is 11.8. The quantitative estimate of drug-likeness (QED) is 0.410. The van der Waals surface area contributed by atoms with Gasteiger partial charge in [0.25, 0.3) is 0 Å². The van der Waals surface area contributed by atoms with E-state index in [0.717, 1.165) is 5.01 Å². The highest BCUT2D eigenvalue weighted by Gasteiger charge is 2.68. The van der Waals surface area contributed by atoms with Gasteiger partial charge < -0.3 is 15.2 Å². The summed E-state index contributed by atoms with van der Waals surface area (Å²) in [4.78, 5) is 11.7. The summed E-state index contributed by atoms with van der Waals surface area (Å²) >= 11 is 0. The highest BCUT2D eigenvalue weighted by molar-refractivity contribution is 5.71. The van der Waals surface area contributed by atoms with E-state index in [0.29, 0.717) is 12.8 Å². The molecule has 2 fully saturated rings. The van der Waals surface area contributed by atoms with E-state index >= 15 is 0 Å². The summed E-state index contributed by atoms with van der Waals surface area (Å²) in [5, 5.41) is 13.7. The van der Waals surface area contributed by atoms with Gasteiger partial charge in [0.2, 0.25) is 0 Å². The van der Waals surface area contributed by atoms with E-state index in [1.165, 1.54) is 0 Å². The molecule has 2 aliphatic rings. The van der Waals surface area contributed by atoms with Crippen LogP contribution in [-0.2, 0) is 4.74 Å². The van der Waals surface area contributed by atoms with E-state index in [1.54, 1.807) is 6.92 Å². The first-order valence-corrected chi connectivity index (χ1v) is 6.28. The molecule has 0 saturated carbocycles. The van der Waals surface area contributed by atoms with Crippen LogP contribution in [0.5, 0.6) is 0 Å². The Morgan fingerprint density at radius 1 is 1.22 bits per heavy atom. The molecule has 104 valence electrons. The third kappa shape index (κ3) is 1.79. The number of quaternary nitrogens is 1. The van der Waals surface area contributed by atoms with Gasteiger partial charge in [-0.3, -0.25) is 0 Å². The van der Waals surface area contributed by atoms with Crippen LogP contribution in [0.2, 0.25) is 0 Å². The molecule has 2 rings (SSSR count). The Labute approximate surface area is 107 Å². The molecule has 6 heteroatoms. The molecule has 6 nitrogen and oxygen atoms in total. The summed E-state index contributed by atoms with van der Waals surface area (Å²) in [6.45, 7) is 9.88. The Bertz CT molecular complexity index is 374. The smallest absolute Gasteiger partial charge is 0.427 e.